The van der Waals surface area contributed by atoms with Crippen molar-refractivity contribution in [1.82, 2.24) is 4.98 Å². The number of aliphatic carboxylic acids is 1. The molecule has 10 nitrogen and oxygen atoms in total. The first-order valence-electron chi connectivity index (χ1n) is 13.5. The quantitative estimate of drug-likeness (QED) is 0.317. The van der Waals surface area contributed by atoms with Crippen LogP contribution in [0.3, 0.4) is 0 Å². The maximum absolute atomic E-state index is 12.5. The van der Waals surface area contributed by atoms with Gasteiger partial charge in [0, 0.05) is 37.2 Å². The van der Waals surface area contributed by atoms with E-state index in [9.17, 15) is 9.59 Å². The standard InChI is InChI=1S/C30H37N3O7/c1-19(2)39-30(36)28(31)25-18-24(9-7-21(25)8-10-27(34)35)38-14-11-26-20(3)40-29(32-26)22-5-4-6-23(17-22)33-12-15-37-16-13-33/h4-7,9,17-19,28H,8,10-16,31H2,1-3H3,(H,34,35). The Morgan fingerprint density at radius 1 is 1.12 bits per heavy atom. The molecule has 1 saturated heterocycles. The van der Waals surface area contributed by atoms with Gasteiger partial charge in [-0.3, -0.25) is 4.79 Å². The number of carbonyl (C=O) groups excluding carboxylic acids is 1. The molecule has 0 aliphatic carbocycles. The largest absolute Gasteiger partial charge is 0.493 e. The third-order valence-corrected chi connectivity index (χ3v) is 6.64. The molecule has 1 aliphatic heterocycles. The number of carboxylic acids is 1. The van der Waals surface area contributed by atoms with Gasteiger partial charge in [-0.15, -0.1) is 0 Å². The van der Waals surface area contributed by atoms with Crippen LogP contribution in [0.25, 0.3) is 11.5 Å². The lowest BCUT2D eigenvalue weighted by Gasteiger charge is -2.29. The molecule has 1 fully saturated rings. The van der Waals surface area contributed by atoms with Crippen molar-refractivity contribution in [3.8, 4) is 17.2 Å². The highest BCUT2D eigenvalue weighted by molar-refractivity contribution is 5.78. The highest BCUT2D eigenvalue weighted by Crippen LogP contribution is 2.28. The van der Waals surface area contributed by atoms with Gasteiger partial charge in [0.15, 0.2) is 0 Å². The molecule has 0 radical (unpaired) electrons. The topological polar surface area (TPSA) is 137 Å². The molecule has 2 heterocycles. The molecule has 3 N–H and O–H groups in total. The average molecular weight is 552 g/mol. The number of aryl methyl sites for hydroxylation is 2. The summed E-state index contributed by atoms with van der Waals surface area (Å²) in [4.78, 5) is 30.6. The number of hydrogen-bond donors (Lipinski definition) is 2. The molecular formula is C30H37N3O7. The molecule has 40 heavy (non-hydrogen) atoms. The van der Waals surface area contributed by atoms with Gasteiger partial charge in [-0.25, -0.2) is 9.78 Å². The highest BCUT2D eigenvalue weighted by Gasteiger charge is 2.23. The van der Waals surface area contributed by atoms with Crippen LogP contribution in [-0.4, -0.2) is 61.0 Å². The molecule has 1 unspecified atom stereocenters. The summed E-state index contributed by atoms with van der Waals surface area (Å²) in [5.74, 6) is 0.286. The monoisotopic (exact) mass is 551 g/mol. The van der Waals surface area contributed by atoms with E-state index in [1.807, 2.05) is 19.1 Å². The second-order valence-electron chi connectivity index (χ2n) is 9.99. The first kappa shape index (κ1) is 29.1. The van der Waals surface area contributed by atoms with Crippen molar-refractivity contribution in [3.63, 3.8) is 0 Å². The second kappa shape index (κ2) is 13.5. The number of hydrogen-bond acceptors (Lipinski definition) is 9. The van der Waals surface area contributed by atoms with Crippen molar-refractivity contribution in [2.75, 3.05) is 37.8 Å². The van der Waals surface area contributed by atoms with Crippen LogP contribution in [0.15, 0.2) is 46.9 Å². The van der Waals surface area contributed by atoms with E-state index in [1.54, 1.807) is 32.0 Å². The van der Waals surface area contributed by atoms with E-state index in [1.165, 1.54) is 0 Å². The summed E-state index contributed by atoms with van der Waals surface area (Å²) in [7, 11) is 0. The van der Waals surface area contributed by atoms with Gasteiger partial charge < -0.3 is 34.4 Å². The summed E-state index contributed by atoms with van der Waals surface area (Å²) in [5.41, 5.74) is 10.2. The zero-order chi connectivity index (χ0) is 28.6. The predicted molar refractivity (Wildman–Crippen MR) is 149 cm³/mol. The summed E-state index contributed by atoms with van der Waals surface area (Å²) in [6.07, 6.45) is 0.345. The number of ether oxygens (including phenoxy) is 3. The number of nitrogens with two attached hydrogens (primary N) is 1. The second-order valence-corrected chi connectivity index (χ2v) is 9.99. The van der Waals surface area contributed by atoms with E-state index in [-0.39, 0.29) is 18.9 Å². The number of esters is 1. The molecule has 1 aromatic heterocycles. The average Bonchev–Trinajstić information content (AvgIpc) is 3.32. The first-order chi connectivity index (χ1) is 19.2. The normalized spacial score (nSPS) is 14.3. The van der Waals surface area contributed by atoms with E-state index < -0.39 is 18.0 Å². The van der Waals surface area contributed by atoms with Gasteiger partial charge in [0.25, 0.3) is 0 Å². The summed E-state index contributed by atoms with van der Waals surface area (Å²) >= 11 is 0. The first-order valence-corrected chi connectivity index (χ1v) is 13.5. The lowest BCUT2D eigenvalue weighted by molar-refractivity contribution is -0.149. The number of rotatable bonds is 12. The summed E-state index contributed by atoms with van der Waals surface area (Å²) in [6, 6.07) is 12.3. The molecule has 1 aliphatic rings. The van der Waals surface area contributed by atoms with E-state index in [2.05, 4.69) is 17.0 Å². The summed E-state index contributed by atoms with van der Waals surface area (Å²) < 4.78 is 22.7. The highest BCUT2D eigenvalue weighted by atomic mass is 16.5. The fourth-order valence-electron chi connectivity index (χ4n) is 4.56. The Hall–Kier alpha value is -3.89. The van der Waals surface area contributed by atoms with Crippen LogP contribution in [0.2, 0.25) is 0 Å². The van der Waals surface area contributed by atoms with Crippen molar-refractivity contribution < 1.29 is 33.3 Å². The molecule has 1 atom stereocenters. The van der Waals surface area contributed by atoms with Crippen LogP contribution in [0.1, 0.15) is 48.9 Å². The van der Waals surface area contributed by atoms with Crippen molar-refractivity contribution in [3.05, 3.63) is 65.0 Å². The van der Waals surface area contributed by atoms with Gasteiger partial charge in [-0.05, 0) is 68.7 Å². The molecular weight excluding hydrogens is 514 g/mol. The molecule has 0 bridgehead atoms. The molecule has 4 rings (SSSR count). The van der Waals surface area contributed by atoms with Crippen molar-refractivity contribution in [1.29, 1.82) is 0 Å². The third-order valence-electron chi connectivity index (χ3n) is 6.64. The van der Waals surface area contributed by atoms with Gasteiger partial charge in [-0.2, -0.15) is 0 Å². The molecule has 3 aromatic rings. The van der Waals surface area contributed by atoms with Crippen LogP contribution >= 0.6 is 0 Å². The number of carboxylic acid groups (broad SMARTS) is 1. The minimum Gasteiger partial charge on any atom is -0.493 e. The van der Waals surface area contributed by atoms with E-state index in [0.29, 0.717) is 49.0 Å². The molecule has 0 spiro atoms. The molecule has 2 aromatic carbocycles. The van der Waals surface area contributed by atoms with E-state index in [0.717, 1.165) is 35.8 Å². The smallest absolute Gasteiger partial charge is 0.327 e. The molecule has 0 amide bonds. The minimum atomic E-state index is -1.05. The Bertz CT molecular complexity index is 1310. The Labute approximate surface area is 234 Å². The van der Waals surface area contributed by atoms with Crippen LogP contribution < -0.4 is 15.4 Å². The Kier molecular flexibility index (Phi) is 9.79. The van der Waals surface area contributed by atoms with Crippen LogP contribution in [-0.2, 0) is 31.9 Å². The fraction of sp³-hybridized carbons (Fsp3) is 0.433. The molecule has 214 valence electrons. The van der Waals surface area contributed by atoms with Crippen LogP contribution in [0.4, 0.5) is 5.69 Å². The van der Waals surface area contributed by atoms with Gasteiger partial charge >= 0.3 is 11.9 Å². The van der Waals surface area contributed by atoms with Gasteiger partial charge in [0.05, 0.1) is 31.6 Å². The zero-order valence-corrected chi connectivity index (χ0v) is 23.2. The third kappa shape index (κ3) is 7.61. The van der Waals surface area contributed by atoms with Gasteiger partial charge in [0.1, 0.15) is 17.6 Å². The number of benzene rings is 2. The zero-order valence-electron chi connectivity index (χ0n) is 23.2. The number of aromatic nitrogens is 1. The Morgan fingerprint density at radius 2 is 1.90 bits per heavy atom. The lowest BCUT2D eigenvalue weighted by Crippen LogP contribution is -2.36. The minimum absolute atomic E-state index is 0.0811. The van der Waals surface area contributed by atoms with Crippen molar-refractivity contribution in [2.45, 2.75) is 52.2 Å². The number of morpholine rings is 1. The fourth-order valence-corrected chi connectivity index (χ4v) is 4.56. The maximum atomic E-state index is 12.5. The van der Waals surface area contributed by atoms with Crippen molar-refractivity contribution in [2.24, 2.45) is 5.73 Å². The Balaban J connectivity index is 1.43. The van der Waals surface area contributed by atoms with Crippen LogP contribution in [0.5, 0.6) is 5.75 Å². The lowest BCUT2D eigenvalue weighted by atomic mass is 9.97. The van der Waals surface area contributed by atoms with Gasteiger partial charge in [0.2, 0.25) is 5.89 Å². The SMILES string of the molecule is Cc1oc(-c2cccc(N3CCOCC3)c2)nc1CCOc1ccc(CCC(=O)O)c(C(N)C(=O)OC(C)C)c1. The molecule has 10 heteroatoms. The van der Waals surface area contributed by atoms with Crippen LogP contribution in [0, 0.1) is 6.92 Å². The summed E-state index contributed by atoms with van der Waals surface area (Å²) in [6.45, 7) is 8.82. The molecule has 0 saturated carbocycles. The number of nitrogens with zero attached hydrogens (tertiary/aromatic N) is 2. The van der Waals surface area contributed by atoms with E-state index >= 15 is 0 Å². The predicted octanol–water partition coefficient (Wildman–Crippen LogP) is 4.08. The number of anilines is 1. The Morgan fingerprint density at radius 3 is 2.62 bits per heavy atom. The summed E-state index contributed by atoms with van der Waals surface area (Å²) in [5, 5.41) is 9.11. The number of oxazole rings is 1. The van der Waals surface area contributed by atoms with Crippen molar-refractivity contribution >= 4 is 17.6 Å². The number of carbonyl (C=O) groups is 2. The maximum Gasteiger partial charge on any atom is 0.327 e. The van der Waals surface area contributed by atoms with E-state index in [4.69, 9.17) is 34.5 Å². The van der Waals surface area contributed by atoms with Gasteiger partial charge in [-0.1, -0.05) is 12.1 Å².